The minimum atomic E-state index is -4.43. The summed E-state index contributed by atoms with van der Waals surface area (Å²) < 4.78 is 37.4. The minimum Gasteiger partial charge on any atom is -0.398 e. The van der Waals surface area contributed by atoms with Crippen molar-refractivity contribution < 1.29 is 13.2 Å². The number of hydrogen-bond acceptors (Lipinski definition) is 5. The molecular weight excluding hydrogens is 475 g/mol. The van der Waals surface area contributed by atoms with Gasteiger partial charge in [0.2, 0.25) is 0 Å². The highest BCUT2D eigenvalue weighted by Gasteiger charge is 2.34. The second-order valence-electron chi connectivity index (χ2n) is 9.09. The number of hydrazone groups is 1. The molecule has 5 nitrogen and oxygen atoms in total. The van der Waals surface area contributed by atoms with E-state index in [1.54, 1.807) is 6.08 Å². The number of nitrogen functional groups attached to an aromatic ring is 1. The van der Waals surface area contributed by atoms with E-state index in [9.17, 15) is 13.2 Å². The highest BCUT2D eigenvalue weighted by molar-refractivity contribution is 5.89. The molecule has 0 saturated heterocycles. The Bertz CT molecular complexity index is 831. The quantitative estimate of drug-likeness (QED) is 0.394. The molecule has 1 aromatic rings. The van der Waals surface area contributed by atoms with Crippen molar-refractivity contribution in [3.8, 4) is 0 Å². The number of rotatable bonds is 3. The van der Waals surface area contributed by atoms with Gasteiger partial charge in [0, 0.05) is 36.5 Å². The lowest BCUT2D eigenvalue weighted by Crippen LogP contribution is -2.14. The molecule has 2 heterocycles. The summed E-state index contributed by atoms with van der Waals surface area (Å²) in [6, 6.07) is 0.897. The van der Waals surface area contributed by atoms with Crippen LogP contribution in [0.25, 0.3) is 6.08 Å². The molecule has 3 aliphatic rings. The number of halogens is 3. The maximum absolute atomic E-state index is 12.5. The maximum Gasteiger partial charge on any atom is 0.433 e. The number of nitrogens with zero attached hydrogens (tertiary/aromatic N) is 3. The van der Waals surface area contributed by atoms with E-state index in [1.165, 1.54) is 57.7 Å². The molecule has 4 N–H and O–H groups in total. The molecule has 0 radical (unpaired) electrons. The van der Waals surface area contributed by atoms with Gasteiger partial charge in [-0.1, -0.05) is 83.4 Å². The first-order chi connectivity index (χ1) is 17.7. The normalized spacial score (nSPS) is 18.0. The van der Waals surface area contributed by atoms with E-state index in [2.05, 4.69) is 29.3 Å². The van der Waals surface area contributed by atoms with Crippen molar-refractivity contribution in [1.29, 1.82) is 0 Å². The second kappa shape index (κ2) is 18.8. The van der Waals surface area contributed by atoms with Crippen LogP contribution in [0.1, 0.15) is 102 Å². The Labute approximate surface area is 223 Å². The van der Waals surface area contributed by atoms with Crippen LogP contribution in [-0.2, 0) is 12.6 Å². The zero-order valence-electron chi connectivity index (χ0n) is 23.9. The predicted octanol–water partition coefficient (Wildman–Crippen LogP) is 7.86. The second-order valence-corrected chi connectivity index (χ2v) is 9.09. The summed E-state index contributed by atoms with van der Waals surface area (Å²) in [5.74, 6) is 0.500. The van der Waals surface area contributed by atoms with Gasteiger partial charge in [0.15, 0.2) is 0 Å². The van der Waals surface area contributed by atoms with Crippen molar-refractivity contribution in [1.82, 2.24) is 9.99 Å². The van der Waals surface area contributed by atoms with E-state index in [-0.39, 0.29) is 5.69 Å². The first kappa shape index (κ1) is 34.6. The van der Waals surface area contributed by atoms with E-state index < -0.39 is 11.9 Å². The molecule has 1 unspecified atom stereocenters. The molecule has 0 amide bonds. The van der Waals surface area contributed by atoms with Crippen LogP contribution in [0.15, 0.2) is 29.4 Å². The van der Waals surface area contributed by atoms with E-state index in [0.29, 0.717) is 23.6 Å². The minimum absolute atomic E-state index is 0.149. The molecule has 0 spiro atoms. The van der Waals surface area contributed by atoms with Gasteiger partial charge in [-0.25, -0.2) is 4.98 Å². The fourth-order valence-corrected chi connectivity index (χ4v) is 4.25. The molecule has 1 fully saturated rings. The Kier molecular flexibility index (Phi) is 17.6. The van der Waals surface area contributed by atoms with Crippen LogP contribution in [0.3, 0.4) is 0 Å². The average Bonchev–Trinajstić information content (AvgIpc) is 3.27. The zero-order valence-corrected chi connectivity index (χ0v) is 23.9. The first-order valence-electron chi connectivity index (χ1n) is 13.7. The summed E-state index contributed by atoms with van der Waals surface area (Å²) in [6.45, 7) is 12.9. The van der Waals surface area contributed by atoms with Crippen molar-refractivity contribution in [2.75, 3.05) is 26.4 Å². The Balaban J connectivity index is 0.000000534. The van der Waals surface area contributed by atoms with Gasteiger partial charge in [0.05, 0.1) is 5.69 Å². The first-order valence-corrected chi connectivity index (χ1v) is 13.7. The zero-order chi connectivity index (χ0) is 28.4. The Morgan fingerprint density at radius 2 is 1.62 bits per heavy atom. The number of alkyl halides is 3. The van der Waals surface area contributed by atoms with Gasteiger partial charge in [0.25, 0.3) is 0 Å². The van der Waals surface area contributed by atoms with E-state index >= 15 is 0 Å². The fourth-order valence-electron chi connectivity index (χ4n) is 4.25. The average molecular weight is 526 g/mol. The fraction of sp³-hybridized carbons (Fsp3) is 0.655. The number of aromatic nitrogens is 1. The molecule has 212 valence electrons. The third-order valence-electron chi connectivity index (χ3n) is 6.09. The summed E-state index contributed by atoms with van der Waals surface area (Å²) in [5, 5.41) is 6.41. The standard InChI is InChI=1S/C11H11F3N2.C9H16N2.C6H12.C2H6.CH5N/c1-6-2-3-9-7(4-6)8(15)5-10(16-9)11(12,13)14;1-4-6-9-8(5-2)7-11(3)10-9;1-2-4-6-5-3-1;2*1-2/h4-5H,2-3H2,1H3,(H2,15,16);5,8H,2,4,6-7H2,1,3H3;1-6H2;1-2H3;2H2,1H3. The lowest BCUT2D eigenvalue weighted by molar-refractivity contribution is -0.141. The number of nitrogens with two attached hydrogens (primary N) is 2. The van der Waals surface area contributed by atoms with Gasteiger partial charge < -0.3 is 11.5 Å². The van der Waals surface area contributed by atoms with Crippen LogP contribution in [0, 0.1) is 5.92 Å². The van der Waals surface area contributed by atoms with Gasteiger partial charge in [-0.2, -0.15) is 18.3 Å². The van der Waals surface area contributed by atoms with Crippen LogP contribution in [0.2, 0.25) is 0 Å². The van der Waals surface area contributed by atoms with Crippen LogP contribution < -0.4 is 11.5 Å². The van der Waals surface area contributed by atoms with Crippen LogP contribution >= 0.6 is 0 Å². The summed E-state index contributed by atoms with van der Waals surface area (Å²) in [6.07, 6.45) is 11.9. The SMILES string of the molecule is C1CCCCC1.C=CC1CN(C)N=C1CCC.CC.CC1=Cc2c(N)cc(C(F)(F)F)nc2CC1.CN. The number of hydrogen-bond donors (Lipinski definition) is 2. The lowest BCUT2D eigenvalue weighted by Gasteiger charge is -2.17. The Hall–Kier alpha value is -2.35. The largest absolute Gasteiger partial charge is 0.433 e. The number of fused-ring (bicyclic) bond motifs is 1. The number of aryl methyl sites for hydroxylation is 1. The van der Waals surface area contributed by atoms with E-state index in [1.807, 2.05) is 38.9 Å². The van der Waals surface area contributed by atoms with Crippen LogP contribution in [0.5, 0.6) is 0 Å². The summed E-state index contributed by atoms with van der Waals surface area (Å²) in [7, 11) is 3.51. The van der Waals surface area contributed by atoms with E-state index in [0.717, 1.165) is 31.0 Å². The molecule has 8 heteroatoms. The summed E-state index contributed by atoms with van der Waals surface area (Å²) in [5.41, 5.74) is 12.8. The Morgan fingerprint density at radius 3 is 2.08 bits per heavy atom. The van der Waals surface area contributed by atoms with Gasteiger partial charge in [-0.05, 0) is 39.3 Å². The maximum atomic E-state index is 12.5. The van der Waals surface area contributed by atoms with Crippen molar-refractivity contribution in [3.05, 3.63) is 41.2 Å². The molecular formula is C29H50F3N5. The Morgan fingerprint density at radius 1 is 1.08 bits per heavy atom. The van der Waals surface area contributed by atoms with Gasteiger partial charge >= 0.3 is 6.18 Å². The highest BCUT2D eigenvalue weighted by Crippen LogP contribution is 2.34. The molecule has 1 aliphatic heterocycles. The van der Waals surface area contributed by atoms with Crippen molar-refractivity contribution in [3.63, 3.8) is 0 Å². The number of anilines is 1. The molecule has 2 aliphatic carbocycles. The third kappa shape index (κ3) is 12.6. The molecule has 1 aromatic heterocycles. The van der Waals surface area contributed by atoms with Gasteiger partial charge in [-0.15, -0.1) is 6.58 Å². The molecule has 0 bridgehead atoms. The molecule has 4 rings (SSSR count). The third-order valence-corrected chi connectivity index (χ3v) is 6.09. The molecule has 0 aromatic carbocycles. The monoisotopic (exact) mass is 525 g/mol. The molecule has 1 saturated carbocycles. The van der Waals surface area contributed by atoms with Crippen molar-refractivity contribution in [2.45, 2.75) is 98.1 Å². The van der Waals surface area contributed by atoms with Crippen LogP contribution in [-0.4, -0.2) is 36.3 Å². The summed E-state index contributed by atoms with van der Waals surface area (Å²) in [4.78, 5) is 3.63. The topological polar surface area (TPSA) is 80.5 Å². The lowest BCUT2D eigenvalue weighted by atomic mass is 9.95. The van der Waals surface area contributed by atoms with E-state index in [4.69, 9.17) is 5.73 Å². The van der Waals surface area contributed by atoms with Crippen molar-refractivity contribution in [2.24, 2.45) is 16.8 Å². The molecule has 1 atom stereocenters. The predicted molar refractivity (Wildman–Crippen MR) is 153 cm³/mol. The smallest absolute Gasteiger partial charge is 0.398 e. The van der Waals surface area contributed by atoms with Gasteiger partial charge in [0.1, 0.15) is 5.69 Å². The van der Waals surface area contributed by atoms with Crippen molar-refractivity contribution >= 4 is 17.5 Å². The van der Waals surface area contributed by atoms with Gasteiger partial charge in [-0.3, -0.25) is 5.01 Å². The number of allylic oxidation sites excluding steroid dienone is 1. The summed E-state index contributed by atoms with van der Waals surface area (Å²) >= 11 is 0. The molecule has 37 heavy (non-hydrogen) atoms. The van der Waals surface area contributed by atoms with Crippen LogP contribution in [0.4, 0.5) is 18.9 Å². The number of pyridine rings is 1. The highest BCUT2D eigenvalue weighted by atomic mass is 19.4.